The van der Waals surface area contributed by atoms with Gasteiger partial charge < -0.3 is 9.47 Å². The molecular weight excluding hydrogens is 359 g/mol. The summed E-state index contributed by atoms with van der Waals surface area (Å²) in [6.45, 7) is 0.566. The highest BCUT2D eigenvalue weighted by Crippen LogP contribution is 2.20. The van der Waals surface area contributed by atoms with Gasteiger partial charge in [0.2, 0.25) is 10.0 Å². The SMILES string of the molecule is N#Cc1cccc(S(=O)(=O)N[C@@H]2CCOC[C@H]2Oc2cccc(F)c2)c1. The van der Waals surface area contributed by atoms with E-state index in [0.29, 0.717) is 18.8 Å². The van der Waals surface area contributed by atoms with E-state index in [-0.39, 0.29) is 17.1 Å². The molecule has 26 heavy (non-hydrogen) atoms. The first-order chi connectivity index (χ1) is 12.5. The van der Waals surface area contributed by atoms with E-state index in [1.54, 1.807) is 6.07 Å². The van der Waals surface area contributed by atoms with Gasteiger partial charge in [-0.1, -0.05) is 12.1 Å². The molecule has 1 heterocycles. The Labute approximate surface area is 151 Å². The van der Waals surface area contributed by atoms with E-state index >= 15 is 0 Å². The zero-order valence-corrected chi connectivity index (χ0v) is 14.6. The minimum Gasteiger partial charge on any atom is -0.486 e. The second-order valence-electron chi connectivity index (χ2n) is 5.84. The Balaban J connectivity index is 1.78. The van der Waals surface area contributed by atoms with Crippen molar-refractivity contribution in [3.63, 3.8) is 0 Å². The van der Waals surface area contributed by atoms with Crippen molar-refractivity contribution in [1.82, 2.24) is 4.72 Å². The van der Waals surface area contributed by atoms with Gasteiger partial charge in [-0.3, -0.25) is 0 Å². The molecule has 0 radical (unpaired) electrons. The molecule has 6 nitrogen and oxygen atoms in total. The molecule has 3 rings (SSSR count). The van der Waals surface area contributed by atoms with Crippen molar-refractivity contribution in [2.24, 2.45) is 0 Å². The Kier molecular flexibility index (Phi) is 5.52. The van der Waals surface area contributed by atoms with Crippen molar-refractivity contribution >= 4 is 10.0 Å². The molecule has 0 spiro atoms. The number of ether oxygens (including phenoxy) is 2. The third-order valence-corrected chi connectivity index (χ3v) is 5.46. The number of nitrogens with zero attached hydrogens (tertiary/aromatic N) is 1. The van der Waals surface area contributed by atoms with Gasteiger partial charge in [0.25, 0.3) is 0 Å². The van der Waals surface area contributed by atoms with Crippen molar-refractivity contribution in [2.45, 2.75) is 23.5 Å². The number of hydrogen-bond donors (Lipinski definition) is 1. The molecule has 1 N–H and O–H groups in total. The van der Waals surface area contributed by atoms with Crippen LogP contribution >= 0.6 is 0 Å². The number of nitrogens with one attached hydrogen (secondary N) is 1. The minimum atomic E-state index is -3.84. The standard InChI is InChI=1S/C18H17FN2O4S/c19-14-4-2-5-15(10-14)25-18-12-24-8-7-17(18)21-26(22,23)16-6-1-3-13(9-16)11-20/h1-6,9-10,17-18,21H,7-8,12H2/t17-,18-/m1/s1. The summed E-state index contributed by atoms with van der Waals surface area (Å²) in [4.78, 5) is 0.00699. The molecule has 1 saturated heterocycles. The molecule has 0 aliphatic carbocycles. The summed E-state index contributed by atoms with van der Waals surface area (Å²) in [5.41, 5.74) is 0.257. The van der Waals surface area contributed by atoms with E-state index in [2.05, 4.69) is 4.72 Å². The Morgan fingerprint density at radius 3 is 2.81 bits per heavy atom. The van der Waals surface area contributed by atoms with Gasteiger partial charge in [0.15, 0.2) is 0 Å². The van der Waals surface area contributed by atoms with E-state index in [4.69, 9.17) is 14.7 Å². The fraction of sp³-hybridized carbons (Fsp3) is 0.278. The Morgan fingerprint density at radius 1 is 1.23 bits per heavy atom. The Bertz CT molecular complexity index is 927. The molecule has 0 aromatic heterocycles. The smallest absolute Gasteiger partial charge is 0.240 e. The molecule has 0 bridgehead atoms. The van der Waals surface area contributed by atoms with Crippen LogP contribution in [0.5, 0.6) is 5.75 Å². The molecule has 136 valence electrons. The summed E-state index contributed by atoms with van der Waals surface area (Å²) in [5, 5.41) is 8.95. The molecule has 8 heteroatoms. The average molecular weight is 376 g/mol. The predicted molar refractivity (Wildman–Crippen MR) is 91.5 cm³/mol. The third kappa shape index (κ3) is 4.38. The average Bonchev–Trinajstić information content (AvgIpc) is 2.63. The van der Waals surface area contributed by atoms with E-state index in [9.17, 15) is 12.8 Å². The second-order valence-corrected chi connectivity index (χ2v) is 7.56. The minimum absolute atomic E-state index is 0.00699. The van der Waals surface area contributed by atoms with Crippen LogP contribution in [-0.4, -0.2) is 33.8 Å². The number of halogens is 1. The van der Waals surface area contributed by atoms with Gasteiger partial charge >= 0.3 is 0 Å². The third-order valence-electron chi connectivity index (χ3n) is 3.97. The quantitative estimate of drug-likeness (QED) is 0.864. The number of sulfonamides is 1. The molecule has 0 saturated carbocycles. The Hall–Kier alpha value is -2.47. The molecule has 0 amide bonds. The summed E-state index contributed by atoms with van der Waals surface area (Å²) >= 11 is 0. The number of benzene rings is 2. The maximum atomic E-state index is 13.3. The summed E-state index contributed by atoms with van der Waals surface area (Å²) in [6.07, 6.45) is -0.184. The molecule has 1 fully saturated rings. The van der Waals surface area contributed by atoms with Gasteiger partial charge in [0.1, 0.15) is 17.7 Å². The topological polar surface area (TPSA) is 88.4 Å². The summed E-state index contributed by atoms with van der Waals surface area (Å²) in [5.74, 6) is -0.138. The van der Waals surface area contributed by atoms with Crippen LogP contribution < -0.4 is 9.46 Å². The summed E-state index contributed by atoms with van der Waals surface area (Å²) < 4.78 is 52.3. The summed E-state index contributed by atoms with van der Waals surface area (Å²) in [7, 11) is -3.84. The molecule has 2 atom stereocenters. The fourth-order valence-corrected chi connectivity index (χ4v) is 4.02. The monoisotopic (exact) mass is 376 g/mol. The van der Waals surface area contributed by atoms with E-state index < -0.39 is 28.0 Å². The highest BCUT2D eigenvalue weighted by molar-refractivity contribution is 7.89. The van der Waals surface area contributed by atoms with Crippen LogP contribution in [0.15, 0.2) is 53.4 Å². The first kappa shape index (κ1) is 18.3. The van der Waals surface area contributed by atoms with E-state index in [0.717, 1.165) is 0 Å². The predicted octanol–water partition coefficient (Wildman–Crippen LogP) is 2.21. The number of rotatable bonds is 5. The van der Waals surface area contributed by atoms with Crippen LogP contribution in [0, 0.1) is 17.1 Å². The first-order valence-corrected chi connectivity index (χ1v) is 9.49. The van der Waals surface area contributed by atoms with Crippen molar-refractivity contribution < 1.29 is 22.3 Å². The van der Waals surface area contributed by atoms with Crippen LogP contribution in [-0.2, 0) is 14.8 Å². The van der Waals surface area contributed by atoms with Crippen LogP contribution in [0.25, 0.3) is 0 Å². The second kappa shape index (κ2) is 7.83. The van der Waals surface area contributed by atoms with Gasteiger partial charge in [-0.2, -0.15) is 5.26 Å². The zero-order chi connectivity index (χ0) is 18.6. The number of hydrogen-bond acceptors (Lipinski definition) is 5. The first-order valence-electron chi connectivity index (χ1n) is 8.00. The lowest BCUT2D eigenvalue weighted by atomic mass is 10.1. The van der Waals surface area contributed by atoms with Crippen molar-refractivity contribution in [3.8, 4) is 11.8 Å². The van der Waals surface area contributed by atoms with E-state index in [1.165, 1.54) is 42.5 Å². The lowest BCUT2D eigenvalue weighted by Gasteiger charge is -2.32. The van der Waals surface area contributed by atoms with Gasteiger partial charge in [-0.25, -0.2) is 17.5 Å². The molecule has 2 aromatic carbocycles. The van der Waals surface area contributed by atoms with Gasteiger partial charge in [0.05, 0.1) is 29.2 Å². The van der Waals surface area contributed by atoms with Crippen molar-refractivity contribution in [1.29, 1.82) is 5.26 Å². The van der Waals surface area contributed by atoms with Crippen LogP contribution in [0.1, 0.15) is 12.0 Å². The Morgan fingerprint density at radius 2 is 2.04 bits per heavy atom. The van der Waals surface area contributed by atoms with Crippen molar-refractivity contribution in [3.05, 3.63) is 59.9 Å². The molecular formula is C18H17FN2O4S. The maximum Gasteiger partial charge on any atom is 0.240 e. The van der Waals surface area contributed by atoms with Crippen LogP contribution in [0.4, 0.5) is 4.39 Å². The molecule has 0 unspecified atom stereocenters. The summed E-state index contributed by atoms with van der Waals surface area (Å²) in [6, 6.07) is 12.8. The van der Waals surface area contributed by atoms with Gasteiger partial charge in [0, 0.05) is 12.7 Å². The fourth-order valence-electron chi connectivity index (χ4n) is 2.68. The normalized spacial score (nSPS) is 20.3. The van der Waals surface area contributed by atoms with E-state index in [1.807, 2.05) is 6.07 Å². The largest absolute Gasteiger partial charge is 0.486 e. The zero-order valence-electron chi connectivity index (χ0n) is 13.8. The van der Waals surface area contributed by atoms with Crippen LogP contribution in [0.2, 0.25) is 0 Å². The molecule has 2 aromatic rings. The van der Waals surface area contributed by atoms with Crippen molar-refractivity contribution in [2.75, 3.05) is 13.2 Å². The highest BCUT2D eigenvalue weighted by atomic mass is 32.2. The molecule has 1 aliphatic rings. The lowest BCUT2D eigenvalue weighted by Crippen LogP contribution is -2.51. The molecule has 1 aliphatic heterocycles. The van der Waals surface area contributed by atoms with Gasteiger partial charge in [-0.05, 0) is 36.8 Å². The van der Waals surface area contributed by atoms with Crippen LogP contribution in [0.3, 0.4) is 0 Å². The highest BCUT2D eigenvalue weighted by Gasteiger charge is 2.32. The number of nitriles is 1. The van der Waals surface area contributed by atoms with Gasteiger partial charge in [-0.15, -0.1) is 0 Å². The lowest BCUT2D eigenvalue weighted by molar-refractivity contribution is -0.00937. The maximum absolute atomic E-state index is 13.3.